The van der Waals surface area contributed by atoms with Crippen molar-refractivity contribution in [3.8, 4) is 0 Å². The van der Waals surface area contributed by atoms with E-state index in [1.807, 2.05) is 13.8 Å². The first-order valence-electron chi connectivity index (χ1n) is 19.9. The van der Waals surface area contributed by atoms with Crippen molar-refractivity contribution in [2.45, 2.75) is 135 Å². The number of allylic oxidation sites excluding steroid dienone is 2. The number of aliphatic hydroxyl groups excluding tert-OH is 4. The molecule has 52 heavy (non-hydrogen) atoms. The van der Waals surface area contributed by atoms with Crippen LogP contribution in [0, 0.1) is 62.6 Å². The SMILES string of the molecule is C[C@]12CCC(=O)C=C1CC[C@H]1[C@@H]3CC[C@](O)(C(=O)CO)[C@@]3(C)C[C@H](O)[C@@]12C1CC(=O)C=C2CC[C@H]3[C@@H]4CC[C@](O)(C(=O)CO)[C@@]4(C)CC(O)[C@@H]3[C@]21C. The molecule has 0 aromatic carbocycles. The summed E-state index contributed by atoms with van der Waals surface area (Å²) in [6, 6.07) is 0. The summed E-state index contributed by atoms with van der Waals surface area (Å²) >= 11 is 0. The fourth-order valence-corrected chi connectivity index (χ4v) is 16.2. The van der Waals surface area contributed by atoms with Gasteiger partial charge in [-0.3, -0.25) is 19.2 Å². The molecule has 0 aromatic heterocycles. The Morgan fingerprint density at radius 2 is 1.29 bits per heavy atom. The number of hydrogen-bond acceptors (Lipinski definition) is 10. The monoisotopic (exact) mass is 722 g/mol. The van der Waals surface area contributed by atoms with Crippen LogP contribution in [0.5, 0.6) is 0 Å². The molecule has 0 heterocycles. The second-order valence-corrected chi connectivity index (χ2v) is 19.4. The van der Waals surface area contributed by atoms with Gasteiger partial charge in [0.15, 0.2) is 23.1 Å². The summed E-state index contributed by atoms with van der Waals surface area (Å²) in [5, 5.41) is 69.6. The Morgan fingerprint density at radius 3 is 1.92 bits per heavy atom. The Bertz CT molecular complexity index is 1680. The second kappa shape index (κ2) is 11.5. The number of Topliss-reactive ketones (excluding diaryl/α,β-unsaturated/α-hetero) is 2. The number of fused-ring (bicyclic) bond motifs is 10. The Labute approximate surface area is 306 Å². The fraction of sp³-hybridized carbons (Fsp3) is 0.810. The zero-order chi connectivity index (χ0) is 37.6. The lowest BCUT2D eigenvalue weighted by atomic mass is 9.30. The molecule has 0 spiro atoms. The lowest BCUT2D eigenvalue weighted by Gasteiger charge is -2.74. The molecule has 6 fully saturated rings. The van der Waals surface area contributed by atoms with Crippen molar-refractivity contribution in [3.63, 3.8) is 0 Å². The lowest BCUT2D eigenvalue weighted by molar-refractivity contribution is -0.269. The molecule has 2 unspecified atom stereocenters. The maximum atomic E-state index is 14.1. The fourth-order valence-electron chi connectivity index (χ4n) is 16.2. The van der Waals surface area contributed by atoms with Crippen LogP contribution in [0.2, 0.25) is 0 Å². The van der Waals surface area contributed by atoms with Gasteiger partial charge in [0.05, 0.1) is 12.2 Å². The van der Waals surface area contributed by atoms with Gasteiger partial charge in [0.2, 0.25) is 0 Å². The summed E-state index contributed by atoms with van der Waals surface area (Å²) in [4.78, 5) is 53.6. The summed E-state index contributed by atoms with van der Waals surface area (Å²) in [5.74, 6) is -2.63. The second-order valence-electron chi connectivity index (χ2n) is 19.4. The minimum absolute atomic E-state index is 0.0199. The highest BCUT2D eigenvalue weighted by Gasteiger charge is 2.78. The van der Waals surface area contributed by atoms with E-state index in [-0.39, 0.29) is 73.3 Å². The number of ketones is 4. The first-order chi connectivity index (χ1) is 24.3. The van der Waals surface area contributed by atoms with Crippen LogP contribution < -0.4 is 0 Å². The smallest absolute Gasteiger partial charge is 0.190 e. The minimum atomic E-state index is -1.80. The molecular formula is C42H58O10. The molecule has 8 rings (SSSR count). The van der Waals surface area contributed by atoms with Crippen LogP contribution in [0.3, 0.4) is 0 Å². The van der Waals surface area contributed by atoms with Gasteiger partial charge in [-0.05, 0) is 129 Å². The maximum Gasteiger partial charge on any atom is 0.190 e. The molecule has 10 nitrogen and oxygen atoms in total. The zero-order valence-corrected chi connectivity index (χ0v) is 31.2. The summed E-state index contributed by atoms with van der Waals surface area (Å²) < 4.78 is 0. The van der Waals surface area contributed by atoms with E-state index >= 15 is 0 Å². The third-order valence-corrected chi connectivity index (χ3v) is 18.4. The third-order valence-electron chi connectivity index (χ3n) is 18.4. The number of hydrogen-bond donors (Lipinski definition) is 6. The predicted molar refractivity (Wildman–Crippen MR) is 188 cm³/mol. The largest absolute Gasteiger partial charge is 0.393 e. The first-order valence-corrected chi connectivity index (χ1v) is 19.9. The molecule has 0 bridgehead atoms. The Hall–Kier alpha value is -2.08. The highest BCUT2D eigenvalue weighted by atomic mass is 16.3. The van der Waals surface area contributed by atoms with Gasteiger partial charge in [0.1, 0.15) is 24.4 Å². The standard InChI is InChI=1S/C42H58O10/c1-36-12-9-24(45)15-22(36)6-8-29-28-11-14-41(52,34(50)21-44)38(28,3)19-32(48)42(29,36)31-17-25(46)16-23-5-7-26-27-10-13-40(51,33(49)20-43)37(27,2)18-30(47)35(26)39(23,31)4/h15-16,26-32,35,43-44,47-48,51-52H,5-14,17-21H2,1-4H3/t26-,27-,28-,29-,30?,31?,32-,35+,36-,37-,38-,39+,40-,41-,42-/m0/s1. The van der Waals surface area contributed by atoms with Crippen molar-refractivity contribution in [3.05, 3.63) is 23.3 Å². The van der Waals surface area contributed by atoms with Crippen molar-refractivity contribution < 1.29 is 49.8 Å². The third kappa shape index (κ3) is 4.07. The molecule has 6 N–H and O–H groups in total. The summed E-state index contributed by atoms with van der Waals surface area (Å²) in [5.41, 5.74) is -5.97. The topological polar surface area (TPSA) is 190 Å². The summed E-state index contributed by atoms with van der Waals surface area (Å²) in [6.45, 7) is 6.57. The molecule has 0 radical (unpaired) electrons. The molecule has 8 aliphatic rings. The van der Waals surface area contributed by atoms with Gasteiger partial charge in [-0.25, -0.2) is 0 Å². The molecule has 286 valence electrons. The molecule has 6 saturated carbocycles. The highest BCUT2D eigenvalue weighted by Crippen LogP contribution is 2.79. The Balaban J connectivity index is 1.32. The van der Waals surface area contributed by atoms with Crippen LogP contribution in [0.4, 0.5) is 0 Å². The van der Waals surface area contributed by atoms with Crippen molar-refractivity contribution in [1.82, 2.24) is 0 Å². The zero-order valence-electron chi connectivity index (χ0n) is 31.2. The van der Waals surface area contributed by atoms with Gasteiger partial charge in [0, 0.05) is 29.1 Å². The van der Waals surface area contributed by atoms with Crippen LogP contribution in [0.15, 0.2) is 23.3 Å². The van der Waals surface area contributed by atoms with Crippen LogP contribution in [-0.2, 0) is 19.2 Å². The van der Waals surface area contributed by atoms with Gasteiger partial charge in [0.25, 0.3) is 0 Å². The summed E-state index contributed by atoms with van der Waals surface area (Å²) in [7, 11) is 0. The van der Waals surface area contributed by atoms with Gasteiger partial charge in [-0.1, -0.05) is 38.8 Å². The van der Waals surface area contributed by atoms with Crippen LogP contribution in [0.1, 0.15) is 111 Å². The van der Waals surface area contributed by atoms with Crippen LogP contribution >= 0.6 is 0 Å². The predicted octanol–water partition coefficient (Wildman–Crippen LogP) is 3.17. The Kier molecular flexibility index (Phi) is 8.14. The van der Waals surface area contributed by atoms with Gasteiger partial charge in [-0.2, -0.15) is 0 Å². The maximum absolute atomic E-state index is 14.1. The molecule has 0 aromatic rings. The van der Waals surface area contributed by atoms with E-state index in [1.54, 1.807) is 12.2 Å². The quantitative estimate of drug-likeness (QED) is 0.246. The molecule has 15 atom stereocenters. The van der Waals surface area contributed by atoms with E-state index in [0.29, 0.717) is 51.4 Å². The normalized spacial score (nSPS) is 53.7. The van der Waals surface area contributed by atoms with Crippen molar-refractivity contribution in [2.24, 2.45) is 62.6 Å². The average molecular weight is 723 g/mol. The summed E-state index contributed by atoms with van der Waals surface area (Å²) in [6.07, 6.45) is 6.78. The minimum Gasteiger partial charge on any atom is -0.393 e. The number of carbonyl (C=O) groups is 4. The molecule has 0 saturated heterocycles. The van der Waals surface area contributed by atoms with Crippen LogP contribution in [0.25, 0.3) is 0 Å². The van der Waals surface area contributed by atoms with E-state index < -0.39 is 81.2 Å². The average Bonchev–Trinajstić information content (AvgIpc) is 3.52. The van der Waals surface area contributed by atoms with E-state index in [1.165, 1.54) is 0 Å². The lowest BCUT2D eigenvalue weighted by Crippen LogP contribution is -2.73. The molecular weight excluding hydrogens is 664 g/mol. The molecule has 0 aliphatic heterocycles. The van der Waals surface area contributed by atoms with Gasteiger partial charge in [-0.15, -0.1) is 0 Å². The van der Waals surface area contributed by atoms with E-state index in [9.17, 15) is 49.8 Å². The molecule has 10 heteroatoms. The van der Waals surface area contributed by atoms with E-state index in [0.717, 1.165) is 11.1 Å². The number of rotatable bonds is 5. The number of aliphatic hydroxyl groups is 6. The van der Waals surface area contributed by atoms with E-state index in [2.05, 4.69) is 13.8 Å². The molecule has 8 aliphatic carbocycles. The van der Waals surface area contributed by atoms with Crippen molar-refractivity contribution in [1.29, 1.82) is 0 Å². The van der Waals surface area contributed by atoms with Gasteiger partial charge < -0.3 is 30.6 Å². The molecule has 0 amide bonds. The van der Waals surface area contributed by atoms with Crippen molar-refractivity contribution >= 4 is 23.1 Å². The van der Waals surface area contributed by atoms with E-state index in [4.69, 9.17) is 0 Å². The van der Waals surface area contributed by atoms with Crippen LogP contribution in [-0.4, -0.2) is 90.4 Å². The number of carbonyl (C=O) groups excluding carboxylic acids is 4. The first kappa shape index (κ1) is 36.9. The highest BCUT2D eigenvalue weighted by molar-refractivity contribution is 5.93. The Morgan fingerprint density at radius 1 is 0.712 bits per heavy atom. The van der Waals surface area contributed by atoms with Gasteiger partial charge >= 0.3 is 0 Å². The van der Waals surface area contributed by atoms with Crippen molar-refractivity contribution in [2.75, 3.05) is 13.2 Å².